The summed E-state index contributed by atoms with van der Waals surface area (Å²) in [5, 5.41) is 12.2. The summed E-state index contributed by atoms with van der Waals surface area (Å²) in [7, 11) is 0. The lowest BCUT2D eigenvalue weighted by atomic mass is 10.1. The standard InChI is InChI=1S/C21H16N4O5/c1-13-19(14(10-22)20(30-13)24-8-4-5-9-24)21(28)29-12-18(27)25-11-17(26)23-15-6-2-3-7-16(15)25/h2-9H,11-12H2,1H3,(H,23,26). The Morgan fingerprint density at radius 3 is 2.70 bits per heavy atom. The normalized spacial score (nSPS) is 12.7. The molecule has 9 heteroatoms. The molecule has 0 unspecified atom stereocenters. The number of nitrogens with zero attached hydrogens (tertiary/aromatic N) is 3. The summed E-state index contributed by atoms with van der Waals surface area (Å²) in [6, 6.07) is 12.3. The Kier molecular flexibility index (Phi) is 4.82. The Morgan fingerprint density at radius 1 is 1.23 bits per heavy atom. The zero-order valence-corrected chi connectivity index (χ0v) is 15.9. The Hall–Kier alpha value is -4.32. The van der Waals surface area contributed by atoms with E-state index in [4.69, 9.17) is 9.15 Å². The third-order valence-corrected chi connectivity index (χ3v) is 4.62. The van der Waals surface area contributed by atoms with Crippen molar-refractivity contribution in [3.63, 3.8) is 0 Å². The first-order valence-corrected chi connectivity index (χ1v) is 9.02. The summed E-state index contributed by atoms with van der Waals surface area (Å²) in [4.78, 5) is 38.4. The van der Waals surface area contributed by atoms with E-state index in [1.54, 1.807) is 53.4 Å². The maximum absolute atomic E-state index is 12.6. The number of aryl methyl sites for hydroxylation is 1. The molecule has 0 spiro atoms. The van der Waals surface area contributed by atoms with Gasteiger partial charge in [0.05, 0.1) is 11.4 Å². The molecule has 0 saturated heterocycles. The molecule has 0 radical (unpaired) electrons. The molecule has 4 rings (SSSR count). The number of rotatable bonds is 4. The van der Waals surface area contributed by atoms with Gasteiger partial charge in [-0.3, -0.25) is 19.1 Å². The molecule has 1 N–H and O–H groups in total. The first-order valence-electron chi connectivity index (χ1n) is 9.02. The number of fused-ring (bicyclic) bond motifs is 1. The molecule has 0 saturated carbocycles. The van der Waals surface area contributed by atoms with Crippen LogP contribution < -0.4 is 10.2 Å². The van der Waals surface area contributed by atoms with Gasteiger partial charge >= 0.3 is 5.97 Å². The number of para-hydroxylation sites is 2. The average Bonchev–Trinajstić information content (AvgIpc) is 3.38. The average molecular weight is 404 g/mol. The lowest BCUT2D eigenvalue weighted by Crippen LogP contribution is -2.44. The molecule has 0 bridgehead atoms. The van der Waals surface area contributed by atoms with E-state index >= 15 is 0 Å². The highest BCUT2D eigenvalue weighted by atomic mass is 16.5. The van der Waals surface area contributed by atoms with E-state index in [0.717, 1.165) is 0 Å². The number of esters is 1. The zero-order chi connectivity index (χ0) is 21.3. The lowest BCUT2D eigenvalue weighted by Gasteiger charge is -2.28. The van der Waals surface area contributed by atoms with E-state index in [2.05, 4.69) is 5.32 Å². The number of carbonyl (C=O) groups excluding carboxylic acids is 3. The number of furan rings is 1. The highest BCUT2D eigenvalue weighted by molar-refractivity contribution is 6.10. The Labute approximate surface area is 171 Å². The van der Waals surface area contributed by atoms with Crippen molar-refractivity contribution in [1.82, 2.24) is 4.57 Å². The molecule has 3 heterocycles. The second-order valence-electron chi connectivity index (χ2n) is 6.54. The minimum Gasteiger partial charge on any atom is -0.452 e. The highest BCUT2D eigenvalue weighted by Crippen LogP contribution is 2.29. The summed E-state index contributed by atoms with van der Waals surface area (Å²) in [6.45, 7) is 0.769. The van der Waals surface area contributed by atoms with Crippen LogP contribution in [0.2, 0.25) is 0 Å². The SMILES string of the molecule is Cc1oc(-n2cccc2)c(C#N)c1C(=O)OCC(=O)N1CC(=O)Nc2ccccc21. The number of ether oxygens (including phenoxy) is 1. The van der Waals surface area contributed by atoms with Crippen molar-refractivity contribution in [1.29, 1.82) is 5.26 Å². The third-order valence-electron chi connectivity index (χ3n) is 4.62. The summed E-state index contributed by atoms with van der Waals surface area (Å²) in [5.41, 5.74) is 1.00. The van der Waals surface area contributed by atoms with Crippen molar-refractivity contribution in [3.05, 3.63) is 65.7 Å². The Bertz CT molecular complexity index is 1190. The van der Waals surface area contributed by atoms with Crippen molar-refractivity contribution in [2.45, 2.75) is 6.92 Å². The van der Waals surface area contributed by atoms with Gasteiger partial charge in [-0.1, -0.05) is 12.1 Å². The molecule has 2 amide bonds. The largest absolute Gasteiger partial charge is 0.452 e. The number of anilines is 2. The second kappa shape index (κ2) is 7.60. The summed E-state index contributed by atoms with van der Waals surface area (Å²) in [6.07, 6.45) is 3.35. The fourth-order valence-electron chi connectivity index (χ4n) is 3.26. The van der Waals surface area contributed by atoms with Gasteiger partial charge in [-0.05, 0) is 31.2 Å². The molecule has 1 aliphatic heterocycles. The molecular formula is C21H16N4O5. The Balaban J connectivity index is 1.53. The van der Waals surface area contributed by atoms with Crippen LogP contribution in [-0.2, 0) is 14.3 Å². The number of carbonyl (C=O) groups is 3. The molecule has 3 aromatic rings. The highest BCUT2D eigenvalue weighted by Gasteiger charge is 2.29. The molecule has 1 aliphatic rings. The maximum atomic E-state index is 12.6. The predicted octanol–water partition coefficient (Wildman–Crippen LogP) is 2.39. The van der Waals surface area contributed by atoms with Crippen LogP contribution in [0.3, 0.4) is 0 Å². The van der Waals surface area contributed by atoms with Gasteiger partial charge in [0.2, 0.25) is 11.8 Å². The monoisotopic (exact) mass is 404 g/mol. The number of nitriles is 1. The maximum Gasteiger partial charge on any atom is 0.343 e. The summed E-state index contributed by atoms with van der Waals surface area (Å²) >= 11 is 0. The number of nitrogens with one attached hydrogen (secondary N) is 1. The molecule has 0 atom stereocenters. The van der Waals surface area contributed by atoms with Crippen LogP contribution >= 0.6 is 0 Å². The Morgan fingerprint density at radius 2 is 1.97 bits per heavy atom. The molecule has 0 fully saturated rings. The van der Waals surface area contributed by atoms with Gasteiger partial charge < -0.3 is 14.5 Å². The van der Waals surface area contributed by atoms with Crippen molar-refractivity contribution in [2.24, 2.45) is 0 Å². The van der Waals surface area contributed by atoms with Crippen molar-refractivity contribution in [2.75, 3.05) is 23.4 Å². The molecule has 2 aromatic heterocycles. The van der Waals surface area contributed by atoms with Crippen LogP contribution in [0.4, 0.5) is 11.4 Å². The lowest BCUT2D eigenvalue weighted by molar-refractivity contribution is -0.124. The van der Waals surface area contributed by atoms with E-state index in [-0.39, 0.29) is 35.2 Å². The van der Waals surface area contributed by atoms with Gasteiger partial charge in [0, 0.05) is 12.4 Å². The van der Waals surface area contributed by atoms with Crippen LogP contribution in [-0.4, -0.2) is 35.5 Å². The van der Waals surface area contributed by atoms with Crippen molar-refractivity contribution in [3.8, 4) is 12.0 Å². The summed E-state index contributed by atoms with van der Waals surface area (Å²) in [5.74, 6) is -1.36. The molecule has 30 heavy (non-hydrogen) atoms. The minimum absolute atomic E-state index is 0.0174. The van der Waals surface area contributed by atoms with Gasteiger partial charge in [-0.25, -0.2) is 4.79 Å². The van der Waals surface area contributed by atoms with E-state index < -0.39 is 18.5 Å². The van der Waals surface area contributed by atoms with Gasteiger partial charge in [-0.15, -0.1) is 0 Å². The third kappa shape index (κ3) is 3.31. The van der Waals surface area contributed by atoms with Crippen LogP contribution in [0.1, 0.15) is 21.7 Å². The van der Waals surface area contributed by atoms with Gasteiger partial charge in [0.1, 0.15) is 29.5 Å². The van der Waals surface area contributed by atoms with E-state index in [1.165, 1.54) is 11.8 Å². The molecule has 9 nitrogen and oxygen atoms in total. The minimum atomic E-state index is -0.852. The molecular weight excluding hydrogens is 388 g/mol. The first kappa shape index (κ1) is 19.0. The fraction of sp³-hybridized carbons (Fsp3) is 0.143. The van der Waals surface area contributed by atoms with Gasteiger partial charge in [-0.2, -0.15) is 5.26 Å². The number of aromatic nitrogens is 1. The smallest absolute Gasteiger partial charge is 0.343 e. The molecule has 150 valence electrons. The number of benzene rings is 1. The number of hydrogen-bond donors (Lipinski definition) is 1. The fourth-order valence-corrected chi connectivity index (χ4v) is 3.26. The number of amides is 2. The van der Waals surface area contributed by atoms with Crippen LogP contribution in [0.15, 0.2) is 53.2 Å². The van der Waals surface area contributed by atoms with Crippen LogP contribution in [0, 0.1) is 18.3 Å². The van der Waals surface area contributed by atoms with Gasteiger partial charge in [0.15, 0.2) is 6.61 Å². The van der Waals surface area contributed by atoms with E-state index in [0.29, 0.717) is 11.4 Å². The second-order valence-corrected chi connectivity index (χ2v) is 6.54. The number of hydrogen-bond acceptors (Lipinski definition) is 6. The summed E-state index contributed by atoms with van der Waals surface area (Å²) < 4.78 is 12.3. The molecule has 1 aromatic carbocycles. The first-order chi connectivity index (χ1) is 14.5. The van der Waals surface area contributed by atoms with E-state index in [9.17, 15) is 19.6 Å². The van der Waals surface area contributed by atoms with Crippen molar-refractivity contribution < 1.29 is 23.5 Å². The van der Waals surface area contributed by atoms with Gasteiger partial charge in [0.25, 0.3) is 5.91 Å². The van der Waals surface area contributed by atoms with Crippen LogP contribution in [0.25, 0.3) is 5.88 Å². The quantitative estimate of drug-likeness (QED) is 0.667. The van der Waals surface area contributed by atoms with Crippen molar-refractivity contribution >= 4 is 29.2 Å². The van der Waals surface area contributed by atoms with Crippen LogP contribution in [0.5, 0.6) is 0 Å². The molecule has 0 aliphatic carbocycles. The topological polar surface area (TPSA) is 118 Å². The van der Waals surface area contributed by atoms with E-state index in [1.807, 2.05) is 6.07 Å². The zero-order valence-electron chi connectivity index (χ0n) is 15.9. The predicted molar refractivity (Wildman–Crippen MR) is 105 cm³/mol.